The van der Waals surface area contributed by atoms with Gasteiger partial charge in [0, 0.05) is 72.5 Å². The van der Waals surface area contributed by atoms with Gasteiger partial charge in [-0.1, -0.05) is 33.6 Å². The molecule has 0 aromatic heterocycles. The molecule has 7 rings (SSSR count). The molecule has 0 bridgehead atoms. The van der Waals surface area contributed by atoms with Gasteiger partial charge >= 0.3 is 0 Å². The molecule has 3 aromatic carbocycles. The van der Waals surface area contributed by atoms with Crippen molar-refractivity contribution in [3.05, 3.63) is 82.4 Å². The van der Waals surface area contributed by atoms with Gasteiger partial charge in [-0.15, -0.1) is 6.42 Å². The first-order chi connectivity index (χ1) is 28.1. The number of nitrogens with zero attached hydrogens (tertiary/aromatic N) is 1. The number of carbonyl (C=O) groups excluding carboxylic acids is 4. The molecule has 3 aliphatic carbocycles. The highest BCUT2D eigenvalue weighted by molar-refractivity contribution is 6.07. The molecule has 312 valence electrons. The fourth-order valence-electron chi connectivity index (χ4n) is 10.2. The highest BCUT2D eigenvalue weighted by atomic mass is 16.5. The number of aryl methyl sites for hydroxylation is 2. The van der Waals surface area contributed by atoms with Crippen LogP contribution in [0, 0.1) is 42.9 Å². The van der Waals surface area contributed by atoms with Crippen LogP contribution in [0.15, 0.2) is 54.6 Å². The Labute approximate surface area is 348 Å². The van der Waals surface area contributed by atoms with Crippen LogP contribution in [-0.4, -0.2) is 73.9 Å². The standard InChI is InChI=1S/C49H58N2O8/c1-9-39-29(2)22-36(23-30(39)3)59-47-48(4,5)45(49(47,6)7)28-42(53)31-10-12-32(13-11-31)51-20-18-34(19-21-51)57-37-25-38(26-37)58-35-15-16-40(44(27-35)56-8)46(55)50-41-17-14-33(52)24-43(41)54/h1,10-13,15-16,22-23,27,34,37-38,41,45,47H,14,17-21,24-26,28H2,2-8H3,(H,50,55). The molecule has 3 aromatic rings. The molecule has 1 amide bonds. The largest absolute Gasteiger partial charge is 0.496 e. The van der Waals surface area contributed by atoms with Gasteiger partial charge in [-0.05, 0) is 98.7 Å². The first kappa shape index (κ1) is 42.0. The summed E-state index contributed by atoms with van der Waals surface area (Å²) in [7, 11) is 1.49. The smallest absolute Gasteiger partial charge is 0.255 e. The van der Waals surface area contributed by atoms with E-state index in [-0.39, 0.29) is 71.4 Å². The molecule has 3 saturated carbocycles. The number of nitrogens with one attached hydrogen (secondary N) is 1. The van der Waals surface area contributed by atoms with Crippen molar-refractivity contribution in [3.8, 4) is 29.6 Å². The van der Waals surface area contributed by atoms with Crippen molar-refractivity contribution in [2.75, 3.05) is 25.1 Å². The molecule has 1 N–H and O–H groups in total. The van der Waals surface area contributed by atoms with Crippen molar-refractivity contribution >= 4 is 28.9 Å². The van der Waals surface area contributed by atoms with E-state index in [0.29, 0.717) is 29.9 Å². The summed E-state index contributed by atoms with van der Waals surface area (Å²) in [4.78, 5) is 52.7. The van der Waals surface area contributed by atoms with E-state index in [9.17, 15) is 19.2 Å². The van der Waals surface area contributed by atoms with E-state index in [0.717, 1.165) is 72.5 Å². The van der Waals surface area contributed by atoms with Crippen LogP contribution in [0.1, 0.15) is 116 Å². The Morgan fingerprint density at radius 1 is 0.847 bits per heavy atom. The highest BCUT2D eigenvalue weighted by Gasteiger charge is 2.63. The van der Waals surface area contributed by atoms with E-state index < -0.39 is 11.9 Å². The zero-order valence-corrected chi connectivity index (χ0v) is 35.5. The van der Waals surface area contributed by atoms with Crippen LogP contribution in [0.3, 0.4) is 0 Å². The lowest BCUT2D eigenvalue weighted by Crippen LogP contribution is -2.66. The van der Waals surface area contributed by atoms with Crippen molar-refractivity contribution in [2.24, 2.45) is 16.7 Å². The topological polar surface area (TPSA) is 120 Å². The number of rotatable bonds is 13. The minimum absolute atomic E-state index is 0.00518. The van der Waals surface area contributed by atoms with E-state index in [1.807, 2.05) is 38.1 Å². The molecule has 10 heteroatoms. The number of Topliss-reactive ketones (excluding diaryl/α,β-unsaturated/α-hetero) is 3. The Kier molecular flexibility index (Phi) is 12.0. The SMILES string of the molecule is C#Cc1c(C)cc(OC2C(C)(C)C(CC(=O)c3ccc(N4CCC(OC5CC(Oc6ccc(C(=O)NC7CCC(=O)CC7=O)c(OC)c6)C5)CC4)cc3)C2(C)C)cc1C. The van der Waals surface area contributed by atoms with E-state index in [1.165, 1.54) is 7.11 Å². The molecule has 4 fully saturated rings. The van der Waals surface area contributed by atoms with Crippen LogP contribution in [0.2, 0.25) is 0 Å². The van der Waals surface area contributed by atoms with Crippen LogP contribution < -0.4 is 24.4 Å². The van der Waals surface area contributed by atoms with Gasteiger partial charge in [0.05, 0.1) is 37.3 Å². The second-order valence-electron chi connectivity index (χ2n) is 18.2. The van der Waals surface area contributed by atoms with Crippen molar-refractivity contribution < 1.29 is 38.1 Å². The minimum Gasteiger partial charge on any atom is -0.496 e. The summed E-state index contributed by atoms with van der Waals surface area (Å²) < 4.78 is 24.8. The third-order valence-electron chi connectivity index (χ3n) is 13.4. The Balaban J connectivity index is 0.838. The normalized spacial score (nSPS) is 24.9. The van der Waals surface area contributed by atoms with Crippen molar-refractivity contribution in [2.45, 2.75) is 123 Å². The quantitative estimate of drug-likeness (QED) is 0.104. The van der Waals surface area contributed by atoms with Crippen molar-refractivity contribution in [3.63, 3.8) is 0 Å². The number of methoxy groups -OCH3 is 1. The average molecular weight is 803 g/mol. The summed E-state index contributed by atoms with van der Waals surface area (Å²) >= 11 is 0. The molecule has 1 aliphatic heterocycles. The Morgan fingerprint density at radius 2 is 1.51 bits per heavy atom. The van der Waals surface area contributed by atoms with Crippen LogP contribution in [0.5, 0.6) is 17.2 Å². The first-order valence-corrected chi connectivity index (χ1v) is 21.1. The number of ether oxygens (including phenoxy) is 4. The summed E-state index contributed by atoms with van der Waals surface area (Å²) in [5, 5.41) is 2.75. The van der Waals surface area contributed by atoms with Crippen molar-refractivity contribution in [1.29, 1.82) is 0 Å². The summed E-state index contributed by atoms with van der Waals surface area (Å²) in [5.41, 5.74) is 4.78. The number of ketones is 3. The first-order valence-electron chi connectivity index (χ1n) is 21.1. The van der Waals surface area contributed by atoms with E-state index in [1.54, 1.807) is 18.2 Å². The van der Waals surface area contributed by atoms with Gasteiger partial charge in [0.1, 0.15) is 35.2 Å². The van der Waals surface area contributed by atoms with Gasteiger partial charge in [0.2, 0.25) is 0 Å². The van der Waals surface area contributed by atoms with Gasteiger partial charge in [-0.25, -0.2) is 0 Å². The Hall–Kier alpha value is -5.14. The predicted molar refractivity (Wildman–Crippen MR) is 227 cm³/mol. The summed E-state index contributed by atoms with van der Waals surface area (Å²) in [5.74, 6) is 4.13. The molecule has 10 nitrogen and oxygen atoms in total. The number of benzene rings is 3. The number of piperidine rings is 1. The van der Waals surface area contributed by atoms with Gasteiger partial charge in [-0.3, -0.25) is 19.2 Å². The van der Waals surface area contributed by atoms with Crippen LogP contribution in [0.25, 0.3) is 0 Å². The lowest BCUT2D eigenvalue weighted by atomic mass is 9.44. The molecule has 1 saturated heterocycles. The van der Waals surface area contributed by atoms with E-state index in [2.05, 4.69) is 56.0 Å². The molecule has 4 aliphatic rings. The second-order valence-corrected chi connectivity index (χ2v) is 18.2. The maximum absolute atomic E-state index is 13.6. The third kappa shape index (κ3) is 8.77. The fourth-order valence-corrected chi connectivity index (χ4v) is 10.2. The highest BCUT2D eigenvalue weighted by Crippen LogP contribution is 2.62. The molecular weight excluding hydrogens is 745 g/mol. The van der Waals surface area contributed by atoms with Crippen LogP contribution in [-0.2, 0) is 14.3 Å². The molecule has 1 atom stereocenters. The maximum atomic E-state index is 13.6. The molecule has 1 unspecified atom stereocenters. The Bertz CT molecular complexity index is 2100. The monoisotopic (exact) mass is 802 g/mol. The van der Waals surface area contributed by atoms with Gasteiger partial charge in [0.15, 0.2) is 11.6 Å². The van der Waals surface area contributed by atoms with Gasteiger partial charge in [-0.2, -0.15) is 0 Å². The number of terminal acetylenes is 1. The summed E-state index contributed by atoms with van der Waals surface area (Å²) in [6.07, 6.45) is 10.4. The predicted octanol–water partition coefficient (Wildman–Crippen LogP) is 8.01. The van der Waals surface area contributed by atoms with Crippen molar-refractivity contribution in [1.82, 2.24) is 5.32 Å². The molecule has 0 radical (unpaired) electrons. The minimum atomic E-state index is -0.664. The number of hydrogen-bond donors (Lipinski definition) is 1. The van der Waals surface area contributed by atoms with E-state index >= 15 is 0 Å². The number of amides is 1. The second kappa shape index (κ2) is 16.8. The summed E-state index contributed by atoms with van der Waals surface area (Å²) in [6, 6.07) is 16.5. The maximum Gasteiger partial charge on any atom is 0.255 e. The number of carbonyl (C=O) groups is 4. The van der Waals surface area contributed by atoms with E-state index in [4.69, 9.17) is 25.4 Å². The number of hydrogen-bond acceptors (Lipinski definition) is 9. The average Bonchev–Trinajstić information content (AvgIpc) is 3.19. The van der Waals surface area contributed by atoms with Gasteiger partial charge in [0.25, 0.3) is 5.91 Å². The lowest BCUT2D eigenvalue weighted by Gasteiger charge is -2.63. The zero-order valence-electron chi connectivity index (χ0n) is 35.5. The Morgan fingerprint density at radius 3 is 2.12 bits per heavy atom. The third-order valence-corrected chi connectivity index (χ3v) is 13.4. The fraction of sp³-hybridized carbons (Fsp3) is 0.510. The molecular formula is C49H58N2O8. The molecule has 59 heavy (non-hydrogen) atoms. The molecule has 0 spiro atoms. The summed E-state index contributed by atoms with van der Waals surface area (Å²) in [6.45, 7) is 14.6. The number of anilines is 1. The molecule has 1 heterocycles. The van der Waals surface area contributed by atoms with Crippen LogP contribution >= 0.6 is 0 Å². The lowest BCUT2D eigenvalue weighted by molar-refractivity contribution is -0.196. The zero-order chi connectivity index (χ0) is 42.2. The van der Waals surface area contributed by atoms with Gasteiger partial charge < -0.3 is 29.2 Å². The van der Waals surface area contributed by atoms with Crippen LogP contribution in [0.4, 0.5) is 5.69 Å².